The fourth-order valence-electron chi connectivity index (χ4n) is 0.996. The summed E-state index contributed by atoms with van der Waals surface area (Å²) in [6.07, 6.45) is -3.46. The van der Waals surface area contributed by atoms with E-state index in [0.717, 1.165) is 0 Å². The zero-order chi connectivity index (χ0) is 9.35. The van der Waals surface area contributed by atoms with Crippen LogP contribution in [0.25, 0.3) is 0 Å². The van der Waals surface area contributed by atoms with Crippen LogP contribution in [0.3, 0.4) is 0 Å². The van der Waals surface area contributed by atoms with Gasteiger partial charge in [-0.1, -0.05) is 0 Å². The first kappa shape index (κ1) is 9.40. The predicted octanol–water partition coefficient (Wildman–Crippen LogP) is -2.66. The van der Waals surface area contributed by atoms with Gasteiger partial charge in [0.05, 0.1) is 6.61 Å². The van der Waals surface area contributed by atoms with Crippen molar-refractivity contribution < 1.29 is 30.0 Å². The second-order valence-electron chi connectivity index (χ2n) is 2.71. The van der Waals surface area contributed by atoms with Gasteiger partial charge in [0.1, 0.15) is 0 Å². The third-order valence-electron chi connectivity index (χ3n) is 1.71. The Morgan fingerprint density at radius 1 is 1.58 bits per heavy atom. The third kappa shape index (κ3) is 1.56. The Labute approximate surface area is 68.0 Å². The summed E-state index contributed by atoms with van der Waals surface area (Å²) >= 11 is 0. The molecule has 0 aromatic carbocycles. The summed E-state index contributed by atoms with van der Waals surface area (Å²) in [5.74, 6) is -3.30. The maximum atomic E-state index is 10.6. The lowest BCUT2D eigenvalue weighted by atomic mass is 10.00. The maximum absolute atomic E-state index is 10.6. The quantitative estimate of drug-likeness (QED) is 0.258. The molecule has 6 heteroatoms. The molecule has 1 aliphatic heterocycles. The Bertz CT molecular complexity index is 188. The van der Waals surface area contributed by atoms with Crippen molar-refractivity contribution in [1.29, 1.82) is 0 Å². The standard InChI is InChI=1S/C6H10O6/c7-2-4-6(10,11)1-3(8)5(9)12-4/h3-4,7-8,10-11H,1-2H2. The Morgan fingerprint density at radius 3 is 2.67 bits per heavy atom. The van der Waals surface area contributed by atoms with Crippen LogP contribution >= 0.6 is 0 Å². The Hall–Kier alpha value is -0.690. The zero-order valence-electron chi connectivity index (χ0n) is 6.17. The minimum Gasteiger partial charge on any atom is -0.452 e. The van der Waals surface area contributed by atoms with Crippen molar-refractivity contribution >= 4 is 5.97 Å². The largest absolute Gasteiger partial charge is 0.452 e. The number of carbonyl (C=O) groups excluding carboxylic acids is 1. The number of aliphatic hydroxyl groups is 4. The molecular formula is C6H10O6. The van der Waals surface area contributed by atoms with E-state index in [1.54, 1.807) is 0 Å². The van der Waals surface area contributed by atoms with Crippen LogP contribution in [0.15, 0.2) is 0 Å². The van der Waals surface area contributed by atoms with E-state index >= 15 is 0 Å². The van der Waals surface area contributed by atoms with Crippen LogP contribution in [0.5, 0.6) is 0 Å². The summed E-state index contributed by atoms with van der Waals surface area (Å²) in [5, 5.41) is 35.6. The van der Waals surface area contributed by atoms with Crippen molar-refractivity contribution in [2.75, 3.05) is 6.61 Å². The lowest BCUT2D eigenvalue weighted by molar-refractivity contribution is -0.276. The molecule has 1 saturated heterocycles. The van der Waals surface area contributed by atoms with Gasteiger partial charge >= 0.3 is 5.97 Å². The molecule has 0 amide bonds. The fraction of sp³-hybridized carbons (Fsp3) is 0.833. The molecule has 0 saturated carbocycles. The number of aliphatic hydroxyl groups excluding tert-OH is 2. The van der Waals surface area contributed by atoms with Crippen molar-refractivity contribution in [3.63, 3.8) is 0 Å². The highest BCUT2D eigenvalue weighted by molar-refractivity contribution is 5.75. The highest BCUT2D eigenvalue weighted by Gasteiger charge is 2.46. The van der Waals surface area contributed by atoms with Crippen molar-refractivity contribution in [3.8, 4) is 0 Å². The smallest absolute Gasteiger partial charge is 0.335 e. The minimum atomic E-state index is -2.35. The van der Waals surface area contributed by atoms with Gasteiger partial charge in [-0.15, -0.1) is 0 Å². The molecule has 2 atom stereocenters. The summed E-state index contributed by atoms with van der Waals surface area (Å²) in [6, 6.07) is 0. The molecule has 0 aliphatic carbocycles. The first-order chi connectivity index (χ1) is 5.47. The molecule has 4 N–H and O–H groups in total. The van der Waals surface area contributed by atoms with E-state index in [1.807, 2.05) is 0 Å². The molecule has 0 radical (unpaired) electrons. The van der Waals surface area contributed by atoms with E-state index in [4.69, 9.17) is 20.4 Å². The van der Waals surface area contributed by atoms with Crippen molar-refractivity contribution in [3.05, 3.63) is 0 Å². The number of rotatable bonds is 1. The molecule has 70 valence electrons. The van der Waals surface area contributed by atoms with E-state index in [9.17, 15) is 4.79 Å². The monoisotopic (exact) mass is 178 g/mol. The van der Waals surface area contributed by atoms with Gasteiger partial charge in [0.25, 0.3) is 0 Å². The van der Waals surface area contributed by atoms with Gasteiger partial charge in [0.2, 0.25) is 5.79 Å². The molecular weight excluding hydrogens is 168 g/mol. The SMILES string of the molecule is O=C1OC(CO)C(O)(O)CC1O. The molecule has 1 aliphatic rings. The molecule has 1 rings (SSSR count). The topological polar surface area (TPSA) is 107 Å². The lowest BCUT2D eigenvalue weighted by Gasteiger charge is -2.35. The molecule has 0 aromatic heterocycles. The van der Waals surface area contributed by atoms with Crippen molar-refractivity contribution in [1.82, 2.24) is 0 Å². The molecule has 0 aromatic rings. The van der Waals surface area contributed by atoms with Crippen LogP contribution in [-0.2, 0) is 9.53 Å². The predicted molar refractivity (Wildman–Crippen MR) is 34.8 cm³/mol. The van der Waals surface area contributed by atoms with Crippen LogP contribution < -0.4 is 0 Å². The normalized spacial score (nSPS) is 34.5. The Morgan fingerprint density at radius 2 is 2.17 bits per heavy atom. The summed E-state index contributed by atoms with van der Waals surface area (Å²) < 4.78 is 4.32. The Kier molecular flexibility index (Phi) is 2.34. The van der Waals surface area contributed by atoms with Gasteiger partial charge < -0.3 is 25.2 Å². The summed E-state index contributed by atoms with van der Waals surface area (Å²) in [7, 11) is 0. The first-order valence-electron chi connectivity index (χ1n) is 3.41. The first-order valence-corrected chi connectivity index (χ1v) is 3.41. The number of hydrogen-bond acceptors (Lipinski definition) is 6. The number of ether oxygens (including phenoxy) is 1. The van der Waals surface area contributed by atoms with Crippen LogP contribution in [0.1, 0.15) is 6.42 Å². The van der Waals surface area contributed by atoms with Gasteiger partial charge in [0, 0.05) is 6.42 Å². The van der Waals surface area contributed by atoms with Gasteiger partial charge in [-0.2, -0.15) is 0 Å². The van der Waals surface area contributed by atoms with E-state index in [-0.39, 0.29) is 0 Å². The summed E-state index contributed by atoms with van der Waals surface area (Å²) in [5.41, 5.74) is 0. The zero-order valence-corrected chi connectivity index (χ0v) is 6.17. The van der Waals surface area contributed by atoms with Crippen LogP contribution in [0, 0.1) is 0 Å². The van der Waals surface area contributed by atoms with E-state index in [1.165, 1.54) is 0 Å². The van der Waals surface area contributed by atoms with Gasteiger partial charge in [0.15, 0.2) is 12.2 Å². The number of carbonyl (C=O) groups is 1. The molecule has 0 spiro atoms. The van der Waals surface area contributed by atoms with Crippen molar-refractivity contribution in [2.24, 2.45) is 0 Å². The molecule has 1 heterocycles. The molecule has 6 nitrogen and oxygen atoms in total. The fourth-order valence-corrected chi connectivity index (χ4v) is 0.996. The average molecular weight is 178 g/mol. The summed E-state index contributed by atoms with van der Waals surface area (Å²) in [6.45, 7) is -0.689. The highest BCUT2D eigenvalue weighted by atomic mass is 16.6. The molecule has 1 fully saturated rings. The van der Waals surface area contributed by atoms with E-state index in [0.29, 0.717) is 0 Å². The van der Waals surface area contributed by atoms with Gasteiger partial charge in [-0.3, -0.25) is 0 Å². The minimum absolute atomic E-state index is 0.545. The summed E-state index contributed by atoms with van der Waals surface area (Å²) in [4.78, 5) is 10.6. The van der Waals surface area contributed by atoms with Crippen LogP contribution in [0.4, 0.5) is 0 Å². The molecule has 0 bridgehead atoms. The lowest BCUT2D eigenvalue weighted by Crippen LogP contribution is -2.55. The van der Waals surface area contributed by atoms with Crippen LogP contribution in [-0.4, -0.2) is 51.0 Å². The second-order valence-corrected chi connectivity index (χ2v) is 2.71. The average Bonchev–Trinajstić information content (AvgIpc) is 1.96. The second kappa shape index (κ2) is 2.98. The maximum Gasteiger partial charge on any atom is 0.335 e. The molecule has 12 heavy (non-hydrogen) atoms. The van der Waals surface area contributed by atoms with Crippen LogP contribution in [0.2, 0.25) is 0 Å². The van der Waals surface area contributed by atoms with Crippen molar-refractivity contribution in [2.45, 2.75) is 24.4 Å². The van der Waals surface area contributed by atoms with E-state index < -0.39 is 37.0 Å². The number of cyclic esters (lactones) is 1. The third-order valence-corrected chi connectivity index (χ3v) is 1.71. The van der Waals surface area contributed by atoms with Gasteiger partial charge in [-0.25, -0.2) is 4.79 Å². The number of hydrogen-bond donors (Lipinski definition) is 4. The highest BCUT2D eigenvalue weighted by Crippen LogP contribution is 2.23. The van der Waals surface area contributed by atoms with Gasteiger partial charge in [-0.05, 0) is 0 Å². The van der Waals surface area contributed by atoms with E-state index in [2.05, 4.69) is 4.74 Å². The Balaban J connectivity index is 2.72. The number of esters is 1. The molecule has 2 unspecified atom stereocenters.